The van der Waals surface area contributed by atoms with E-state index in [2.05, 4.69) is 10.1 Å². The molecule has 0 saturated heterocycles. The highest BCUT2D eigenvalue weighted by molar-refractivity contribution is 5.94. The van der Waals surface area contributed by atoms with Crippen molar-refractivity contribution in [2.24, 2.45) is 5.73 Å². The lowest BCUT2D eigenvalue weighted by Crippen LogP contribution is -2.36. The molecule has 4 nitrogen and oxygen atoms in total. The molecule has 1 atom stereocenters. The van der Waals surface area contributed by atoms with E-state index in [1.165, 1.54) is 12.1 Å². The fourth-order valence-electron chi connectivity index (χ4n) is 1.28. The minimum absolute atomic E-state index is 0.142. The van der Waals surface area contributed by atoms with Gasteiger partial charge in [0.25, 0.3) is 5.91 Å². The number of amides is 1. The summed E-state index contributed by atoms with van der Waals surface area (Å²) >= 11 is 0. The number of ether oxygens (including phenoxy) is 1. The molecule has 1 rings (SSSR count). The van der Waals surface area contributed by atoms with Gasteiger partial charge in [0.1, 0.15) is 5.75 Å². The van der Waals surface area contributed by atoms with Crippen molar-refractivity contribution < 1.29 is 22.7 Å². The highest BCUT2D eigenvalue weighted by Crippen LogP contribution is 2.22. The van der Waals surface area contributed by atoms with Gasteiger partial charge < -0.3 is 15.8 Å². The zero-order valence-electron chi connectivity index (χ0n) is 10.3. The number of hydrogen-bond donors (Lipinski definition) is 2. The van der Waals surface area contributed by atoms with Crippen LogP contribution in [0.2, 0.25) is 0 Å². The molecule has 7 heteroatoms. The van der Waals surface area contributed by atoms with Crippen LogP contribution >= 0.6 is 0 Å². The van der Waals surface area contributed by atoms with Gasteiger partial charge in [-0.05, 0) is 30.7 Å². The normalized spacial score (nSPS) is 12.9. The van der Waals surface area contributed by atoms with Gasteiger partial charge in [0, 0.05) is 18.2 Å². The molecule has 3 N–H and O–H groups in total. The Bertz CT molecular complexity index is 418. The predicted molar refractivity (Wildman–Crippen MR) is 63.7 cm³/mol. The third kappa shape index (κ3) is 5.60. The first kappa shape index (κ1) is 15.3. The third-order valence-corrected chi connectivity index (χ3v) is 2.40. The first-order valence-corrected chi connectivity index (χ1v) is 5.71. The van der Waals surface area contributed by atoms with E-state index >= 15 is 0 Å². The zero-order chi connectivity index (χ0) is 14.5. The van der Waals surface area contributed by atoms with E-state index in [0.717, 1.165) is 18.6 Å². The molecule has 1 amide bonds. The van der Waals surface area contributed by atoms with Crippen molar-refractivity contribution in [3.8, 4) is 5.75 Å². The molecule has 0 saturated carbocycles. The summed E-state index contributed by atoms with van der Waals surface area (Å²) in [6, 6.07) is 4.54. The van der Waals surface area contributed by atoms with E-state index in [9.17, 15) is 18.0 Å². The van der Waals surface area contributed by atoms with Crippen LogP contribution in [0.4, 0.5) is 13.2 Å². The van der Waals surface area contributed by atoms with Crippen molar-refractivity contribution in [2.75, 3.05) is 6.54 Å². The summed E-state index contributed by atoms with van der Waals surface area (Å²) in [6.07, 6.45) is -4.02. The Morgan fingerprint density at radius 3 is 2.42 bits per heavy atom. The summed E-state index contributed by atoms with van der Waals surface area (Å²) < 4.78 is 39.5. The summed E-state index contributed by atoms with van der Waals surface area (Å²) in [4.78, 5) is 11.6. The average molecular weight is 276 g/mol. The van der Waals surface area contributed by atoms with Gasteiger partial charge in [0.15, 0.2) is 0 Å². The molecule has 0 spiro atoms. The molecular weight excluding hydrogens is 261 g/mol. The highest BCUT2D eigenvalue weighted by atomic mass is 19.4. The molecule has 1 unspecified atom stereocenters. The maximum Gasteiger partial charge on any atom is 0.573 e. The van der Waals surface area contributed by atoms with Crippen molar-refractivity contribution in [3.05, 3.63) is 29.8 Å². The van der Waals surface area contributed by atoms with E-state index in [4.69, 9.17) is 5.73 Å². The van der Waals surface area contributed by atoms with Crippen molar-refractivity contribution in [1.82, 2.24) is 5.32 Å². The molecule has 0 fully saturated rings. The Balaban J connectivity index is 2.58. The Kier molecular flexibility index (Phi) is 5.17. The molecule has 106 valence electrons. The second-order valence-electron chi connectivity index (χ2n) is 3.95. The second-order valence-corrected chi connectivity index (χ2v) is 3.95. The fourth-order valence-corrected chi connectivity index (χ4v) is 1.28. The van der Waals surface area contributed by atoms with E-state index in [1.807, 2.05) is 6.92 Å². The van der Waals surface area contributed by atoms with Crippen LogP contribution in [0.25, 0.3) is 0 Å². The number of hydrogen-bond acceptors (Lipinski definition) is 3. The number of carbonyl (C=O) groups excluding carboxylic acids is 1. The van der Waals surface area contributed by atoms with Gasteiger partial charge in [-0.25, -0.2) is 0 Å². The molecule has 19 heavy (non-hydrogen) atoms. The quantitative estimate of drug-likeness (QED) is 0.865. The summed E-state index contributed by atoms with van der Waals surface area (Å²) in [6.45, 7) is 2.20. The molecule has 0 radical (unpaired) electrons. The van der Waals surface area contributed by atoms with Crippen molar-refractivity contribution in [3.63, 3.8) is 0 Å². The van der Waals surface area contributed by atoms with Crippen LogP contribution in [-0.4, -0.2) is 24.9 Å². The standard InChI is InChI=1S/C12H15F3N2O2/c1-2-9(16)7-17-11(18)8-3-5-10(6-4-8)19-12(13,14)15/h3-6,9H,2,7,16H2,1H3,(H,17,18). The summed E-state index contributed by atoms with van der Waals surface area (Å²) in [5.74, 6) is -0.753. The molecular formula is C12H15F3N2O2. The van der Waals surface area contributed by atoms with Crippen molar-refractivity contribution >= 4 is 5.91 Å². The predicted octanol–water partition coefficient (Wildman–Crippen LogP) is 2.05. The van der Waals surface area contributed by atoms with Crippen LogP contribution in [0.15, 0.2) is 24.3 Å². The van der Waals surface area contributed by atoms with Gasteiger partial charge in [-0.2, -0.15) is 0 Å². The van der Waals surface area contributed by atoms with Crippen LogP contribution in [0, 0.1) is 0 Å². The number of nitrogens with one attached hydrogen (secondary N) is 1. The number of alkyl halides is 3. The van der Waals surface area contributed by atoms with Gasteiger partial charge in [0.2, 0.25) is 0 Å². The minimum atomic E-state index is -4.74. The van der Waals surface area contributed by atoms with Crippen molar-refractivity contribution in [1.29, 1.82) is 0 Å². The number of benzene rings is 1. The molecule has 0 aromatic heterocycles. The van der Waals surface area contributed by atoms with Crippen LogP contribution in [0.1, 0.15) is 23.7 Å². The van der Waals surface area contributed by atoms with Crippen molar-refractivity contribution in [2.45, 2.75) is 25.7 Å². The topological polar surface area (TPSA) is 64.3 Å². The molecule has 1 aromatic carbocycles. The second kappa shape index (κ2) is 6.42. The monoisotopic (exact) mass is 276 g/mol. The molecule has 0 heterocycles. The van der Waals surface area contributed by atoms with E-state index in [1.54, 1.807) is 0 Å². The van der Waals surface area contributed by atoms with Crippen LogP contribution in [0.5, 0.6) is 5.75 Å². The Labute approximate surface area is 108 Å². The maximum absolute atomic E-state index is 11.9. The lowest BCUT2D eigenvalue weighted by molar-refractivity contribution is -0.274. The third-order valence-electron chi connectivity index (χ3n) is 2.40. The van der Waals surface area contributed by atoms with Crippen LogP contribution in [0.3, 0.4) is 0 Å². The summed E-state index contributed by atoms with van der Waals surface area (Å²) in [5.41, 5.74) is 5.88. The van der Waals surface area contributed by atoms with Gasteiger partial charge in [-0.15, -0.1) is 13.2 Å². The summed E-state index contributed by atoms with van der Waals surface area (Å²) in [7, 11) is 0. The van der Waals surface area contributed by atoms with E-state index in [-0.39, 0.29) is 23.3 Å². The SMILES string of the molecule is CCC(N)CNC(=O)c1ccc(OC(F)(F)F)cc1. The number of carbonyl (C=O) groups is 1. The Morgan fingerprint density at radius 2 is 1.95 bits per heavy atom. The lowest BCUT2D eigenvalue weighted by Gasteiger charge is -2.11. The lowest BCUT2D eigenvalue weighted by atomic mass is 10.2. The van der Waals surface area contributed by atoms with Gasteiger partial charge in [0.05, 0.1) is 0 Å². The maximum atomic E-state index is 11.9. The first-order chi connectivity index (χ1) is 8.81. The fraction of sp³-hybridized carbons (Fsp3) is 0.417. The van der Waals surface area contributed by atoms with E-state index < -0.39 is 6.36 Å². The van der Waals surface area contributed by atoms with Gasteiger partial charge >= 0.3 is 6.36 Å². The summed E-state index contributed by atoms with van der Waals surface area (Å²) in [5, 5.41) is 2.59. The zero-order valence-corrected chi connectivity index (χ0v) is 10.3. The Hall–Kier alpha value is -1.76. The number of nitrogens with two attached hydrogens (primary N) is 1. The Morgan fingerprint density at radius 1 is 1.37 bits per heavy atom. The average Bonchev–Trinajstić information content (AvgIpc) is 2.34. The smallest absolute Gasteiger partial charge is 0.406 e. The number of halogens is 3. The largest absolute Gasteiger partial charge is 0.573 e. The molecule has 0 aliphatic carbocycles. The molecule has 0 aliphatic rings. The molecule has 0 bridgehead atoms. The molecule has 1 aromatic rings. The number of rotatable bonds is 5. The van der Waals surface area contributed by atoms with E-state index in [0.29, 0.717) is 6.54 Å². The minimum Gasteiger partial charge on any atom is -0.406 e. The van der Waals surface area contributed by atoms with Gasteiger partial charge in [-0.1, -0.05) is 6.92 Å². The van der Waals surface area contributed by atoms with Gasteiger partial charge in [-0.3, -0.25) is 4.79 Å². The molecule has 0 aliphatic heterocycles. The van der Waals surface area contributed by atoms with Crippen LogP contribution < -0.4 is 15.8 Å². The highest BCUT2D eigenvalue weighted by Gasteiger charge is 2.31. The van der Waals surface area contributed by atoms with Crippen LogP contribution in [-0.2, 0) is 0 Å². The first-order valence-electron chi connectivity index (χ1n) is 5.71.